The van der Waals surface area contributed by atoms with Crippen molar-refractivity contribution in [2.24, 2.45) is 0 Å². The first-order valence-electron chi connectivity index (χ1n) is 7.25. The van der Waals surface area contributed by atoms with E-state index in [-0.39, 0.29) is 23.5 Å². The molecule has 2 rings (SSSR count). The Morgan fingerprint density at radius 2 is 2.16 bits per heavy atom. The van der Waals surface area contributed by atoms with Crippen LogP contribution < -0.4 is 5.32 Å². The number of nitrogens with one attached hydrogen (secondary N) is 1. The molecular weight excluding hydrogens is 264 g/mol. The number of sulfone groups is 1. The molecule has 0 aromatic rings. The number of rotatable bonds is 5. The lowest BCUT2D eigenvalue weighted by Gasteiger charge is -2.27. The van der Waals surface area contributed by atoms with Crippen molar-refractivity contribution >= 4 is 15.7 Å². The van der Waals surface area contributed by atoms with Crippen LogP contribution in [0.1, 0.15) is 39.0 Å². The second-order valence-electron chi connectivity index (χ2n) is 5.57. The maximum Gasteiger partial charge on any atom is 0.222 e. The molecule has 110 valence electrons. The van der Waals surface area contributed by atoms with E-state index >= 15 is 0 Å². The Hall–Kier alpha value is -0.620. The third-order valence-electron chi connectivity index (χ3n) is 4.18. The second-order valence-corrected chi connectivity index (χ2v) is 7.80. The maximum absolute atomic E-state index is 12.2. The first kappa shape index (κ1) is 14.8. The lowest BCUT2D eigenvalue weighted by Crippen LogP contribution is -2.41. The van der Waals surface area contributed by atoms with Crippen LogP contribution in [0.5, 0.6) is 0 Å². The van der Waals surface area contributed by atoms with Gasteiger partial charge in [-0.25, -0.2) is 8.42 Å². The van der Waals surface area contributed by atoms with Crippen molar-refractivity contribution in [3.8, 4) is 0 Å². The molecule has 0 bridgehead atoms. The summed E-state index contributed by atoms with van der Waals surface area (Å²) in [6.07, 6.45) is 4.34. The third-order valence-corrected chi connectivity index (χ3v) is 5.93. The fourth-order valence-electron chi connectivity index (χ4n) is 3.10. The van der Waals surface area contributed by atoms with Gasteiger partial charge in [0.1, 0.15) is 0 Å². The number of amides is 1. The van der Waals surface area contributed by atoms with E-state index in [0.717, 1.165) is 19.4 Å². The Balaban J connectivity index is 1.84. The molecule has 2 unspecified atom stereocenters. The minimum absolute atomic E-state index is 0.0981. The van der Waals surface area contributed by atoms with Crippen LogP contribution >= 0.6 is 0 Å². The van der Waals surface area contributed by atoms with Gasteiger partial charge in [0, 0.05) is 25.0 Å². The third kappa shape index (κ3) is 3.92. The summed E-state index contributed by atoms with van der Waals surface area (Å²) in [5.74, 6) is 0.484. The fraction of sp³-hybridized carbons (Fsp3) is 0.923. The van der Waals surface area contributed by atoms with Crippen LogP contribution in [0, 0.1) is 0 Å². The number of hydrogen-bond donors (Lipinski definition) is 1. The largest absolute Gasteiger partial charge is 0.339 e. The Bertz CT molecular complexity index is 416. The highest BCUT2D eigenvalue weighted by atomic mass is 32.2. The molecule has 2 aliphatic heterocycles. The van der Waals surface area contributed by atoms with Gasteiger partial charge in [-0.1, -0.05) is 0 Å². The summed E-state index contributed by atoms with van der Waals surface area (Å²) in [6, 6.07) is 0.369. The Kier molecular flexibility index (Phi) is 4.84. The van der Waals surface area contributed by atoms with Crippen LogP contribution in [-0.4, -0.2) is 55.9 Å². The molecule has 2 aliphatic rings. The predicted octanol–water partition coefficient (Wildman–Crippen LogP) is 0.554. The molecule has 0 radical (unpaired) electrons. The van der Waals surface area contributed by atoms with Gasteiger partial charge < -0.3 is 10.2 Å². The van der Waals surface area contributed by atoms with E-state index in [1.54, 1.807) is 4.90 Å². The molecule has 1 N–H and O–H groups in total. The van der Waals surface area contributed by atoms with E-state index < -0.39 is 9.84 Å². The molecule has 2 heterocycles. The SMILES string of the molecule is CCN(C(=O)CCC1CCCN1)C1CCS(=O)(=O)C1. The smallest absolute Gasteiger partial charge is 0.222 e. The van der Waals surface area contributed by atoms with Gasteiger partial charge in [-0.05, 0) is 39.2 Å². The second kappa shape index (κ2) is 6.22. The zero-order chi connectivity index (χ0) is 13.9. The minimum atomic E-state index is -2.92. The maximum atomic E-state index is 12.2. The molecule has 0 aliphatic carbocycles. The molecule has 2 atom stereocenters. The summed E-state index contributed by atoms with van der Waals surface area (Å²) in [5.41, 5.74) is 0. The first-order valence-corrected chi connectivity index (χ1v) is 9.07. The van der Waals surface area contributed by atoms with E-state index in [1.165, 1.54) is 6.42 Å². The zero-order valence-electron chi connectivity index (χ0n) is 11.6. The summed E-state index contributed by atoms with van der Waals surface area (Å²) in [4.78, 5) is 14.0. The molecule has 2 fully saturated rings. The van der Waals surface area contributed by atoms with Gasteiger partial charge in [0.25, 0.3) is 0 Å². The van der Waals surface area contributed by atoms with Crippen molar-refractivity contribution < 1.29 is 13.2 Å². The lowest BCUT2D eigenvalue weighted by atomic mass is 10.1. The monoisotopic (exact) mass is 288 g/mol. The molecular formula is C13H24N2O3S. The number of hydrogen-bond acceptors (Lipinski definition) is 4. The normalized spacial score (nSPS) is 29.5. The van der Waals surface area contributed by atoms with Gasteiger partial charge >= 0.3 is 0 Å². The average Bonchev–Trinajstić information content (AvgIpc) is 2.97. The van der Waals surface area contributed by atoms with Crippen molar-refractivity contribution in [1.29, 1.82) is 0 Å². The summed E-state index contributed by atoms with van der Waals surface area (Å²) in [7, 11) is -2.92. The molecule has 5 nitrogen and oxygen atoms in total. The standard InChI is InChI=1S/C13H24N2O3S/c1-2-15(12-7-9-19(17,18)10-12)13(16)6-5-11-4-3-8-14-11/h11-12,14H,2-10H2,1H3. The van der Waals surface area contributed by atoms with Crippen LogP contribution in [0.4, 0.5) is 0 Å². The van der Waals surface area contributed by atoms with Gasteiger partial charge in [0.2, 0.25) is 5.91 Å². The van der Waals surface area contributed by atoms with Crippen molar-refractivity contribution in [3.05, 3.63) is 0 Å². The molecule has 0 saturated carbocycles. The Morgan fingerprint density at radius 1 is 1.37 bits per heavy atom. The fourth-order valence-corrected chi connectivity index (χ4v) is 4.83. The lowest BCUT2D eigenvalue weighted by molar-refractivity contribution is -0.133. The van der Waals surface area contributed by atoms with Crippen LogP contribution in [-0.2, 0) is 14.6 Å². The van der Waals surface area contributed by atoms with E-state index in [2.05, 4.69) is 5.32 Å². The van der Waals surface area contributed by atoms with Crippen LogP contribution in [0.2, 0.25) is 0 Å². The summed E-state index contributed by atoms with van der Waals surface area (Å²) < 4.78 is 23.0. The highest BCUT2D eigenvalue weighted by Gasteiger charge is 2.33. The highest BCUT2D eigenvalue weighted by Crippen LogP contribution is 2.19. The van der Waals surface area contributed by atoms with Crippen molar-refractivity contribution in [1.82, 2.24) is 10.2 Å². The summed E-state index contributed by atoms with van der Waals surface area (Å²) >= 11 is 0. The van der Waals surface area contributed by atoms with Crippen LogP contribution in [0.3, 0.4) is 0 Å². The Labute approximate surface area is 115 Å². The molecule has 0 aromatic heterocycles. The van der Waals surface area contributed by atoms with E-state index in [1.807, 2.05) is 6.92 Å². The Morgan fingerprint density at radius 3 is 2.68 bits per heavy atom. The number of nitrogens with zero attached hydrogens (tertiary/aromatic N) is 1. The van der Waals surface area contributed by atoms with Gasteiger partial charge in [-0.3, -0.25) is 4.79 Å². The quantitative estimate of drug-likeness (QED) is 0.802. The van der Waals surface area contributed by atoms with E-state index in [4.69, 9.17) is 0 Å². The number of carbonyl (C=O) groups excluding carboxylic acids is 1. The minimum Gasteiger partial charge on any atom is -0.339 e. The average molecular weight is 288 g/mol. The van der Waals surface area contributed by atoms with E-state index in [9.17, 15) is 13.2 Å². The first-order chi connectivity index (χ1) is 9.02. The van der Waals surface area contributed by atoms with Crippen molar-refractivity contribution in [2.75, 3.05) is 24.6 Å². The van der Waals surface area contributed by atoms with Crippen molar-refractivity contribution in [2.45, 2.75) is 51.1 Å². The summed E-state index contributed by atoms with van der Waals surface area (Å²) in [6.45, 7) is 3.59. The van der Waals surface area contributed by atoms with Crippen molar-refractivity contribution in [3.63, 3.8) is 0 Å². The summed E-state index contributed by atoms with van der Waals surface area (Å²) in [5, 5.41) is 3.38. The van der Waals surface area contributed by atoms with E-state index in [0.29, 0.717) is 25.4 Å². The molecule has 1 amide bonds. The number of carbonyl (C=O) groups is 1. The molecule has 0 spiro atoms. The van der Waals surface area contributed by atoms with Gasteiger partial charge in [0.05, 0.1) is 11.5 Å². The van der Waals surface area contributed by atoms with Crippen LogP contribution in [0.25, 0.3) is 0 Å². The van der Waals surface area contributed by atoms with Gasteiger partial charge in [-0.2, -0.15) is 0 Å². The molecule has 6 heteroatoms. The molecule has 2 saturated heterocycles. The zero-order valence-corrected chi connectivity index (χ0v) is 12.4. The highest BCUT2D eigenvalue weighted by molar-refractivity contribution is 7.91. The van der Waals surface area contributed by atoms with Crippen LogP contribution in [0.15, 0.2) is 0 Å². The topological polar surface area (TPSA) is 66.5 Å². The molecule has 19 heavy (non-hydrogen) atoms. The molecule has 0 aromatic carbocycles. The van der Waals surface area contributed by atoms with Gasteiger partial charge in [0.15, 0.2) is 9.84 Å². The van der Waals surface area contributed by atoms with Gasteiger partial charge in [-0.15, -0.1) is 0 Å². The predicted molar refractivity (Wildman–Crippen MR) is 74.7 cm³/mol.